The molecule has 0 saturated carbocycles. The lowest BCUT2D eigenvalue weighted by Gasteiger charge is -2.35. The average molecular weight is 418 g/mol. The molecule has 2 aliphatic rings. The summed E-state index contributed by atoms with van der Waals surface area (Å²) in [5.74, 6) is 0. The van der Waals surface area contributed by atoms with Crippen molar-refractivity contribution in [1.29, 1.82) is 0 Å². The quantitative estimate of drug-likeness (QED) is 0.807. The summed E-state index contributed by atoms with van der Waals surface area (Å²) in [6.45, 7) is 9.54. The number of piperidine rings is 2. The Labute approximate surface area is 179 Å². The van der Waals surface area contributed by atoms with E-state index in [1.165, 1.54) is 5.56 Å². The number of alkyl carbamates (subject to hydrolysis) is 1. The number of rotatable bonds is 4. The summed E-state index contributed by atoms with van der Waals surface area (Å²) in [5, 5.41) is 2.90. The maximum Gasteiger partial charge on any atom is 0.410 e. The molecule has 1 N–H and O–H groups in total. The van der Waals surface area contributed by atoms with Crippen LogP contribution < -0.4 is 5.32 Å². The van der Waals surface area contributed by atoms with Gasteiger partial charge in [-0.25, -0.2) is 9.59 Å². The van der Waals surface area contributed by atoms with Gasteiger partial charge in [-0.2, -0.15) is 0 Å². The molecule has 0 aliphatic carbocycles. The highest BCUT2D eigenvalue weighted by atomic mass is 16.6. The van der Waals surface area contributed by atoms with Crippen LogP contribution in [0.3, 0.4) is 0 Å². The van der Waals surface area contributed by atoms with E-state index in [1.54, 1.807) is 4.90 Å². The van der Waals surface area contributed by atoms with Gasteiger partial charge in [-0.3, -0.25) is 4.90 Å². The predicted octanol–water partition coefficient (Wildman–Crippen LogP) is 3.78. The average Bonchev–Trinajstić information content (AvgIpc) is 2.69. The van der Waals surface area contributed by atoms with Crippen molar-refractivity contribution in [3.8, 4) is 0 Å². The van der Waals surface area contributed by atoms with Crippen molar-refractivity contribution in [2.75, 3.05) is 26.2 Å². The molecule has 2 saturated heterocycles. The first-order valence-corrected chi connectivity index (χ1v) is 11.0. The molecule has 1 aromatic rings. The van der Waals surface area contributed by atoms with E-state index < -0.39 is 11.7 Å². The predicted molar refractivity (Wildman–Crippen MR) is 115 cm³/mol. The van der Waals surface area contributed by atoms with E-state index >= 15 is 0 Å². The van der Waals surface area contributed by atoms with Crippen molar-refractivity contribution in [3.63, 3.8) is 0 Å². The fourth-order valence-electron chi connectivity index (χ4n) is 3.92. The van der Waals surface area contributed by atoms with Gasteiger partial charge in [0, 0.05) is 38.8 Å². The Bertz CT molecular complexity index is 688. The smallest absolute Gasteiger partial charge is 0.410 e. The first-order chi connectivity index (χ1) is 14.3. The number of benzene rings is 1. The van der Waals surface area contributed by atoms with E-state index in [9.17, 15) is 9.59 Å². The van der Waals surface area contributed by atoms with Crippen molar-refractivity contribution in [3.05, 3.63) is 35.9 Å². The molecule has 166 valence electrons. The number of nitrogens with one attached hydrogen (secondary N) is 1. The lowest BCUT2D eigenvalue weighted by molar-refractivity contribution is 0.0215. The summed E-state index contributed by atoms with van der Waals surface area (Å²) in [6, 6.07) is 10.5. The minimum absolute atomic E-state index is 0.0119. The third-order valence-corrected chi connectivity index (χ3v) is 5.53. The van der Waals surface area contributed by atoms with Crippen LogP contribution in [-0.4, -0.2) is 65.9 Å². The summed E-state index contributed by atoms with van der Waals surface area (Å²) < 4.78 is 11.1. The Balaban J connectivity index is 1.34. The summed E-state index contributed by atoms with van der Waals surface area (Å²) in [6.07, 6.45) is 2.53. The normalized spacial score (nSPS) is 19.4. The molecule has 3 rings (SSSR count). The van der Waals surface area contributed by atoms with Crippen LogP contribution in [-0.2, 0) is 16.0 Å². The first kappa shape index (κ1) is 22.4. The maximum absolute atomic E-state index is 12.5. The van der Waals surface area contributed by atoms with Gasteiger partial charge < -0.3 is 19.7 Å². The van der Waals surface area contributed by atoms with Crippen LogP contribution in [0.2, 0.25) is 0 Å². The van der Waals surface area contributed by atoms with Crippen LogP contribution in [0.15, 0.2) is 30.3 Å². The van der Waals surface area contributed by atoms with Crippen molar-refractivity contribution < 1.29 is 19.1 Å². The second-order valence-electron chi connectivity index (χ2n) is 9.25. The van der Waals surface area contributed by atoms with Gasteiger partial charge >= 0.3 is 12.2 Å². The van der Waals surface area contributed by atoms with Crippen LogP contribution in [0.25, 0.3) is 0 Å². The molecule has 30 heavy (non-hydrogen) atoms. The number of carbonyl (C=O) groups is 2. The largest absolute Gasteiger partial charge is 0.446 e. The van der Waals surface area contributed by atoms with Gasteiger partial charge in [-0.1, -0.05) is 30.3 Å². The molecule has 2 heterocycles. The molecular formula is C23H35N3O4. The molecule has 2 amide bonds. The molecule has 7 nitrogen and oxygen atoms in total. The number of carbonyl (C=O) groups excluding carboxylic acids is 2. The zero-order valence-corrected chi connectivity index (χ0v) is 18.4. The molecule has 2 fully saturated rings. The van der Waals surface area contributed by atoms with Crippen molar-refractivity contribution >= 4 is 12.2 Å². The SMILES string of the molecule is CC(C)(C)OC(=O)NC1CCN(C(=O)OC2CCN(Cc3ccccc3)CC2)CC1. The highest BCUT2D eigenvalue weighted by Crippen LogP contribution is 2.19. The first-order valence-electron chi connectivity index (χ1n) is 11.0. The highest BCUT2D eigenvalue weighted by molar-refractivity contribution is 5.69. The van der Waals surface area contributed by atoms with Crippen molar-refractivity contribution in [2.24, 2.45) is 0 Å². The van der Waals surface area contributed by atoms with Crippen LogP contribution in [0.1, 0.15) is 52.0 Å². The number of hydrogen-bond donors (Lipinski definition) is 1. The van der Waals surface area contributed by atoms with Gasteiger partial charge in [0.15, 0.2) is 0 Å². The van der Waals surface area contributed by atoms with E-state index in [1.807, 2.05) is 26.8 Å². The van der Waals surface area contributed by atoms with E-state index in [-0.39, 0.29) is 18.2 Å². The Morgan fingerprint density at radius 2 is 1.63 bits per heavy atom. The minimum atomic E-state index is -0.509. The van der Waals surface area contributed by atoms with Gasteiger partial charge in [0.25, 0.3) is 0 Å². The Morgan fingerprint density at radius 3 is 2.23 bits per heavy atom. The topological polar surface area (TPSA) is 71.1 Å². The molecule has 0 radical (unpaired) electrons. The van der Waals surface area contributed by atoms with Gasteiger partial charge in [-0.05, 0) is 52.0 Å². The monoisotopic (exact) mass is 417 g/mol. The summed E-state index contributed by atoms with van der Waals surface area (Å²) in [4.78, 5) is 28.6. The second-order valence-corrected chi connectivity index (χ2v) is 9.25. The van der Waals surface area contributed by atoms with Crippen LogP contribution in [0, 0.1) is 0 Å². The van der Waals surface area contributed by atoms with E-state index in [0.717, 1.165) is 32.5 Å². The molecule has 0 bridgehead atoms. The molecule has 0 aromatic heterocycles. The number of nitrogens with zero attached hydrogens (tertiary/aromatic N) is 2. The molecule has 2 aliphatic heterocycles. The van der Waals surface area contributed by atoms with Crippen molar-refractivity contribution in [2.45, 2.75) is 70.7 Å². The minimum Gasteiger partial charge on any atom is -0.446 e. The summed E-state index contributed by atoms with van der Waals surface area (Å²) in [5.41, 5.74) is 0.807. The van der Waals surface area contributed by atoms with Crippen LogP contribution in [0.4, 0.5) is 9.59 Å². The van der Waals surface area contributed by atoms with Gasteiger partial charge in [0.1, 0.15) is 11.7 Å². The Hall–Kier alpha value is -2.28. The molecule has 0 spiro atoms. The third-order valence-electron chi connectivity index (χ3n) is 5.53. The van der Waals surface area contributed by atoms with Gasteiger partial charge in [-0.15, -0.1) is 0 Å². The zero-order chi connectivity index (χ0) is 21.6. The molecule has 0 atom stereocenters. The van der Waals surface area contributed by atoms with Gasteiger partial charge in [0.2, 0.25) is 0 Å². The second kappa shape index (κ2) is 10.2. The lowest BCUT2D eigenvalue weighted by atomic mass is 10.1. The summed E-state index contributed by atoms with van der Waals surface area (Å²) in [7, 11) is 0. The fourth-order valence-corrected chi connectivity index (χ4v) is 3.92. The standard InChI is InChI=1S/C23H35N3O4/c1-23(2,3)30-21(27)24-19-9-15-26(16-10-19)22(28)29-20-11-13-25(14-12-20)17-18-7-5-4-6-8-18/h4-8,19-20H,9-17H2,1-3H3,(H,24,27). The van der Waals surface area contributed by atoms with E-state index in [4.69, 9.17) is 9.47 Å². The van der Waals surface area contributed by atoms with Crippen LogP contribution in [0.5, 0.6) is 0 Å². The number of amides is 2. The number of ether oxygens (including phenoxy) is 2. The Kier molecular flexibility index (Phi) is 7.58. The molecule has 7 heteroatoms. The number of hydrogen-bond acceptors (Lipinski definition) is 5. The zero-order valence-electron chi connectivity index (χ0n) is 18.4. The molecule has 1 aromatic carbocycles. The van der Waals surface area contributed by atoms with Crippen molar-refractivity contribution in [1.82, 2.24) is 15.1 Å². The van der Waals surface area contributed by atoms with E-state index in [0.29, 0.717) is 25.9 Å². The number of likely N-dealkylation sites (tertiary alicyclic amines) is 2. The maximum atomic E-state index is 12.5. The highest BCUT2D eigenvalue weighted by Gasteiger charge is 2.29. The van der Waals surface area contributed by atoms with Gasteiger partial charge in [0.05, 0.1) is 0 Å². The fraction of sp³-hybridized carbons (Fsp3) is 0.652. The molecular weight excluding hydrogens is 382 g/mol. The third kappa shape index (κ3) is 7.20. The van der Waals surface area contributed by atoms with Crippen LogP contribution >= 0.6 is 0 Å². The van der Waals surface area contributed by atoms with E-state index in [2.05, 4.69) is 34.5 Å². The summed E-state index contributed by atoms with van der Waals surface area (Å²) >= 11 is 0. The lowest BCUT2D eigenvalue weighted by Crippen LogP contribution is -2.48. The molecule has 0 unspecified atom stereocenters. The Morgan fingerprint density at radius 1 is 1.00 bits per heavy atom.